The summed E-state index contributed by atoms with van der Waals surface area (Å²) in [4.78, 5) is 0. The number of hydrogen-bond acceptors (Lipinski definition) is 0. The standard InChI is InChI=1S/C25H54N.ClH2/c1-5-8-11-14-17-20-23-26(4,24-21-18-15-12-9-6-2)25-22-19-16-13-10-7-3;/h5-25H2,1-4H3;1H2/q2*+1. The lowest BCUT2D eigenvalue weighted by Crippen LogP contribution is -2.46. The number of nitrogens with zero attached hydrogens (tertiary/aromatic N) is 1. The Kier molecular flexibility index (Phi) is 24.6. The minimum absolute atomic E-state index is 0. The van der Waals surface area contributed by atoms with E-state index < -0.39 is 0 Å². The van der Waals surface area contributed by atoms with Crippen LogP contribution in [-0.4, -0.2) is 31.2 Å². The van der Waals surface area contributed by atoms with Gasteiger partial charge in [0, 0.05) is 0 Å². The largest absolute Gasteiger partial charge is 0.326 e. The second-order valence-corrected chi connectivity index (χ2v) is 9.09. The Morgan fingerprint density at radius 2 is 0.593 bits per heavy atom. The Bertz CT molecular complexity index is 226. The summed E-state index contributed by atoms with van der Waals surface area (Å²) in [5.74, 6) is 0. The van der Waals surface area contributed by atoms with Crippen LogP contribution in [0.3, 0.4) is 0 Å². The maximum Gasteiger partial charge on any atom is 0.0903 e. The molecule has 0 aromatic heterocycles. The van der Waals surface area contributed by atoms with Gasteiger partial charge in [0.2, 0.25) is 0 Å². The Labute approximate surface area is 180 Å². The molecule has 27 heavy (non-hydrogen) atoms. The molecule has 0 aliphatic carbocycles. The SMILES string of the molecule is CCCCCCCC[N+](C)(CCCCCCCC)CCCCCCCC.[ClH2+]. The maximum atomic E-state index is 2.56. The summed E-state index contributed by atoms with van der Waals surface area (Å²) in [7, 11) is 2.56. The van der Waals surface area contributed by atoms with E-state index in [1.165, 1.54) is 140 Å². The topological polar surface area (TPSA) is 0 Å². The van der Waals surface area contributed by atoms with Crippen LogP contribution in [0.2, 0.25) is 0 Å². The van der Waals surface area contributed by atoms with E-state index in [1.54, 1.807) is 0 Å². The number of hydrogen-bond donors (Lipinski definition) is 0. The van der Waals surface area contributed by atoms with Crippen molar-refractivity contribution in [1.29, 1.82) is 0 Å². The van der Waals surface area contributed by atoms with Gasteiger partial charge >= 0.3 is 0 Å². The fourth-order valence-corrected chi connectivity index (χ4v) is 4.16. The van der Waals surface area contributed by atoms with Crippen LogP contribution < -0.4 is 0 Å². The number of quaternary nitrogens is 1. The molecule has 0 aliphatic rings. The van der Waals surface area contributed by atoms with Crippen LogP contribution in [0, 0.1) is 12.4 Å². The van der Waals surface area contributed by atoms with Gasteiger partial charge in [-0.15, -0.1) is 0 Å². The fourth-order valence-electron chi connectivity index (χ4n) is 4.16. The molecule has 0 amide bonds. The van der Waals surface area contributed by atoms with Crippen LogP contribution in [0.4, 0.5) is 0 Å². The minimum Gasteiger partial charge on any atom is -0.326 e. The molecular formula is C25H56ClN+2. The molecule has 0 saturated carbocycles. The van der Waals surface area contributed by atoms with E-state index in [-0.39, 0.29) is 12.4 Å². The molecule has 0 N–H and O–H groups in total. The molecule has 0 rings (SSSR count). The van der Waals surface area contributed by atoms with Crippen LogP contribution in [0.1, 0.15) is 136 Å². The Hall–Kier alpha value is 0.250. The first-order chi connectivity index (χ1) is 12.7. The summed E-state index contributed by atoms with van der Waals surface area (Å²) in [6.07, 6.45) is 25.9. The van der Waals surface area contributed by atoms with Gasteiger partial charge < -0.3 is 4.48 Å². The van der Waals surface area contributed by atoms with Gasteiger partial charge in [-0.1, -0.05) is 97.8 Å². The quantitative estimate of drug-likeness (QED) is 0.134. The smallest absolute Gasteiger partial charge is 0.0903 e. The zero-order chi connectivity index (χ0) is 19.3. The lowest BCUT2D eigenvalue weighted by molar-refractivity contribution is -0.910. The second-order valence-electron chi connectivity index (χ2n) is 9.09. The normalized spacial score (nSPS) is 11.6. The molecule has 0 fully saturated rings. The van der Waals surface area contributed by atoms with E-state index in [0.717, 1.165) is 0 Å². The Morgan fingerprint density at radius 1 is 0.370 bits per heavy atom. The van der Waals surface area contributed by atoms with E-state index in [1.807, 2.05) is 0 Å². The lowest BCUT2D eigenvalue weighted by atomic mass is 10.1. The van der Waals surface area contributed by atoms with Gasteiger partial charge in [-0.3, -0.25) is 0 Å². The summed E-state index contributed by atoms with van der Waals surface area (Å²) in [6.45, 7) is 11.2. The van der Waals surface area contributed by atoms with E-state index in [9.17, 15) is 0 Å². The third kappa shape index (κ3) is 20.8. The van der Waals surface area contributed by atoms with Crippen molar-refractivity contribution >= 4 is 0 Å². The molecule has 1 nitrogen and oxygen atoms in total. The van der Waals surface area contributed by atoms with E-state index >= 15 is 0 Å². The molecule has 0 heterocycles. The number of halogens is 1. The molecule has 0 aromatic rings. The molecule has 0 saturated heterocycles. The number of unbranched alkanes of at least 4 members (excludes halogenated alkanes) is 15. The molecule has 0 atom stereocenters. The molecule has 166 valence electrons. The summed E-state index contributed by atoms with van der Waals surface area (Å²) in [5.41, 5.74) is 0. The highest BCUT2D eigenvalue weighted by Gasteiger charge is 2.20. The van der Waals surface area contributed by atoms with Gasteiger partial charge in [0.25, 0.3) is 0 Å². The van der Waals surface area contributed by atoms with Crippen LogP contribution in [0.25, 0.3) is 0 Å². The number of rotatable bonds is 21. The Morgan fingerprint density at radius 3 is 0.852 bits per heavy atom. The molecule has 0 radical (unpaired) electrons. The van der Waals surface area contributed by atoms with E-state index in [2.05, 4.69) is 27.8 Å². The molecule has 0 aromatic carbocycles. The van der Waals surface area contributed by atoms with Crippen molar-refractivity contribution in [3.8, 4) is 0 Å². The molecule has 0 bridgehead atoms. The maximum absolute atomic E-state index is 2.56. The molecule has 0 aliphatic heterocycles. The van der Waals surface area contributed by atoms with Crippen molar-refractivity contribution in [2.24, 2.45) is 0 Å². The molecule has 0 unspecified atom stereocenters. The zero-order valence-corrected chi connectivity index (χ0v) is 20.6. The predicted octanol–water partition coefficient (Wildman–Crippen LogP) is 7.98. The predicted molar refractivity (Wildman–Crippen MR) is 124 cm³/mol. The van der Waals surface area contributed by atoms with Gasteiger partial charge in [-0.2, -0.15) is 0 Å². The summed E-state index contributed by atoms with van der Waals surface area (Å²) in [5, 5.41) is 0. The van der Waals surface area contributed by atoms with Crippen molar-refractivity contribution in [2.75, 3.05) is 26.7 Å². The van der Waals surface area contributed by atoms with Gasteiger partial charge in [0.1, 0.15) is 0 Å². The first-order valence-electron chi connectivity index (χ1n) is 12.5. The third-order valence-electron chi connectivity index (χ3n) is 6.15. The van der Waals surface area contributed by atoms with Gasteiger partial charge in [-0.05, 0) is 38.5 Å². The monoisotopic (exact) mass is 405 g/mol. The van der Waals surface area contributed by atoms with Crippen molar-refractivity contribution in [3.63, 3.8) is 0 Å². The summed E-state index contributed by atoms with van der Waals surface area (Å²) in [6, 6.07) is 0. The fraction of sp³-hybridized carbons (Fsp3) is 1.00. The van der Waals surface area contributed by atoms with Gasteiger partial charge in [0.05, 0.1) is 39.1 Å². The molecule has 2 heteroatoms. The minimum atomic E-state index is 0. The first kappa shape index (κ1) is 29.5. The first-order valence-corrected chi connectivity index (χ1v) is 12.5. The highest BCUT2D eigenvalue weighted by atomic mass is 35.5. The second kappa shape index (κ2) is 22.5. The molecular weight excluding hydrogens is 350 g/mol. The van der Waals surface area contributed by atoms with E-state index in [0.29, 0.717) is 0 Å². The highest BCUT2D eigenvalue weighted by Crippen LogP contribution is 2.16. The van der Waals surface area contributed by atoms with Crippen LogP contribution in [0.15, 0.2) is 0 Å². The van der Waals surface area contributed by atoms with Crippen LogP contribution in [0.5, 0.6) is 0 Å². The van der Waals surface area contributed by atoms with Crippen molar-refractivity contribution < 1.29 is 16.9 Å². The van der Waals surface area contributed by atoms with Gasteiger partial charge in [-0.25, -0.2) is 0 Å². The van der Waals surface area contributed by atoms with Gasteiger partial charge in [0.15, 0.2) is 0 Å². The van der Waals surface area contributed by atoms with E-state index in [4.69, 9.17) is 0 Å². The van der Waals surface area contributed by atoms with Crippen LogP contribution in [-0.2, 0) is 0 Å². The zero-order valence-electron chi connectivity index (χ0n) is 19.7. The molecule has 0 spiro atoms. The average Bonchev–Trinajstić information content (AvgIpc) is 2.64. The van der Waals surface area contributed by atoms with Crippen molar-refractivity contribution in [3.05, 3.63) is 0 Å². The van der Waals surface area contributed by atoms with Crippen molar-refractivity contribution in [1.82, 2.24) is 0 Å². The lowest BCUT2D eigenvalue weighted by Gasteiger charge is -2.35. The van der Waals surface area contributed by atoms with Crippen LogP contribution >= 0.6 is 0 Å². The average molecular weight is 406 g/mol. The summed E-state index contributed by atoms with van der Waals surface area (Å²) < 4.78 is 1.36. The highest BCUT2D eigenvalue weighted by molar-refractivity contribution is 4.51. The Balaban J connectivity index is 0. The van der Waals surface area contributed by atoms with Crippen molar-refractivity contribution in [2.45, 2.75) is 136 Å². The summed E-state index contributed by atoms with van der Waals surface area (Å²) >= 11 is 0. The third-order valence-corrected chi connectivity index (χ3v) is 6.15.